The Balaban J connectivity index is 1.06. The average Bonchev–Trinajstić information content (AvgIpc) is 3.05. The van der Waals surface area contributed by atoms with Crippen LogP contribution in [0.2, 0.25) is 0 Å². The van der Waals surface area contributed by atoms with Crippen LogP contribution in [0.4, 0.5) is 0 Å². The van der Waals surface area contributed by atoms with Gasteiger partial charge in [-0.2, -0.15) is 5.26 Å². The number of nitrogens with one attached hydrogen (secondary N) is 1. The summed E-state index contributed by atoms with van der Waals surface area (Å²) in [5.41, 5.74) is 1.94. The van der Waals surface area contributed by atoms with Crippen LogP contribution < -0.4 is 14.8 Å². The quantitative estimate of drug-likeness (QED) is 0.388. The van der Waals surface area contributed by atoms with Crippen molar-refractivity contribution in [3.63, 3.8) is 0 Å². The summed E-state index contributed by atoms with van der Waals surface area (Å²) in [6.07, 6.45) is 5.94. The van der Waals surface area contributed by atoms with E-state index >= 15 is 0 Å². The molecule has 1 aromatic heterocycles. The molecule has 9 nitrogen and oxygen atoms in total. The highest BCUT2D eigenvalue weighted by atomic mass is 16.5. The number of rotatable bonds is 8. The van der Waals surface area contributed by atoms with Crippen molar-refractivity contribution in [3.8, 4) is 17.6 Å². The molecule has 1 saturated carbocycles. The predicted molar refractivity (Wildman–Crippen MR) is 155 cm³/mol. The normalized spacial score (nSPS) is 18.9. The van der Waals surface area contributed by atoms with E-state index in [4.69, 9.17) is 14.7 Å². The van der Waals surface area contributed by atoms with Gasteiger partial charge in [0.15, 0.2) is 5.78 Å². The van der Waals surface area contributed by atoms with E-state index in [2.05, 4.69) is 16.4 Å². The van der Waals surface area contributed by atoms with Crippen molar-refractivity contribution >= 4 is 17.6 Å². The number of pyridine rings is 1. The van der Waals surface area contributed by atoms with Gasteiger partial charge in [0.2, 0.25) is 0 Å². The summed E-state index contributed by atoms with van der Waals surface area (Å²) in [4.78, 5) is 44.8. The Morgan fingerprint density at radius 3 is 2.10 bits per heavy atom. The lowest BCUT2D eigenvalue weighted by atomic mass is 9.88. The first kappa shape index (κ1) is 28.8. The maximum absolute atomic E-state index is 13.0. The Labute approximate surface area is 245 Å². The molecule has 1 aliphatic heterocycles. The number of carbonyl (C=O) groups excluding carboxylic acids is 3. The number of nitrogens with zero attached hydrogens (tertiary/aromatic N) is 3. The van der Waals surface area contributed by atoms with Gasteiger partial charge in [0.25, 0.3) is 11.8 Å². The molecule has 2 aromatic carbocycles. The molecule has 1 aliphatic carbocycles. The molecule has 1 N–H and O–H groups in total. The van der Waals surface area contributed by atoms with Crippen molar-refractivity contribution in [2.24, 2.45) is 5.92 Å². The minimum atomic E-state index is -0.212. The van der Waals surface area contributed by atoms with Crippen molar-refractivity contribution in [3.05, 3.63) is 89.2 Å². The molecule has 3 aromatic rings. The van der Waals surface area contributed by atoms with Gasteiger partial charge in [-0.3, -0.25) is 19.4 Å². The number of methoxy groups -OCH3 is 1. The van der Waals surface area contributed by atoms with E-state index in [-0.39, 0.29) is 41.4 Å². The summed E-state index contributed by atoms with van der Waals surface area (Å²) < 4.78 is 11.2. The van der Waals surface area contributed by atoms with Crippen LogP contribution in [-0.4, -0.2) is 59.8 Å². The molecule has 0 spiro atoms. The third-order valence-electron chi connectivity index (χ3n) is 8.07. The monoisotopic (exact) mass is 566 g/mol. The van der Waals surface area contributed by atoms with Gasteiger partial charge in [0, 0.05) is 36.8 Å². The van der Waals surface area contributed by atoms with Crippen LogP contribution >= 0.6 is 0 Å². The Morgan fingerprint density at radius 2 is 1.50 bits per heavy atom. The van der Waals surface area contributed by atoms with Crippen LogP contribution in [0.5, 0.6) is 11.5 Å². The number of carbonyl (C=O) groups is 3. The van der Waals surface area contributed by atoms with Crippen molar-refractivity contribution in [2.45, 2.75) is 50.7 Å². The molecule has 2 fully saturated rings. The highest BCUT2D eigenvalue weighted by Crippen LogP contribution is 2.26. The maximum Gasteiger partial charge on any atom is 0.272 e. The molecule has 5 rings (SSSR count). The SMILES string of the molecule is COc1ccc(C(=O)C2CCN(C(=O)c3ccc(C(=O)N[C@H]4CC[C@@H](Oc5ccc(C#N)cc5)CC4)cn3)CC2)cc1. The van der Waals surface area contributed by atoms with E-state index in [1.54, 1.807) is 72.7 Å². The molecule has 2 aliphatic rings. The summed E-state index contributed by atoms with van der Waals surface area (Å²) in [7, 11) is 1.59. The molecule has 0 unspecified atom stereocenters. The first-order valence-corrected chi connectivity index (χ1v) is 14.3. The first-order chi connectivity index (χ1) is 20.4. The van der Waals surface area contributed by atoms with E-state index in [1.165, 1.54) is 6.20 Å². The van der Waals surface area contributed by atoms with Gasteiger partial charge >= 0.3 is 0 Å². The van der Waals surface area contributed by atoms with Crippen molar-refractivity contribution in [2.75, 3.05) is 20.2 Å². The molecule has 9 heteroatoms. The topological polar surface area (TPSA) is 122 Å². The Hall–Kier alpha value is -4.71. The Kier molecular flexibility index (Phi) is 9.12. The van der Waals surface area contributed by atoms with E-state index in [0.717, 1.165) is 31.4 Å². The zero-order valence-electron chi connectivity index (χ0n) is 23.6. The average molecular weight is 567 g/mol. The molecule has 2 heterocycles. The summed E-state index contributed by atoms with van der Waals surface area (Å²) in [5.74, 6) is 1.00. The smallest absolute Gasteiger partial charge is 0.272 e. The number of aromatic nitrogens is 1. The summed E-state index contributed by atoms with van der Waals surface area (Å²) >= 11 is 0. The molecular formula is C33H34N4O5. The zero-order valence-corrected chi connectivity index (χ0v) is 23.6. The number of amides is 2. The fourth-order valence-electron chi connectivity index (χ4n) is 5.55. The standard InChI is InChI=1S/C33H34N4O5/c1-41-27-11-4-23(5-12-27)31(38)24-16-18-37(19-17-24)33(40)30-15-6-25(21-35-30)32(39)36-26-7-13-29(14-8-26)42-28-9-2-22(20-34)3-10-28/h2-6,9-12,15,21,24,26,29H,7-8,13-14,16-19H2,1H3,(H,36,39)/t26-,29+. The third-order valence-corrected chi connectivity index (χ3v) is 8.07. The van der Waals surface area contributed by atoms with Gasteiger partial charge in [-0.15, -0.1) is 0 Å². The summed E-state index contributed by atoms with van der Waals surface area (Å²) in [6, 6.07) is 19.6. The van der Waals surface area contributed by atoms with Crippen LogP contribution in [-0.2, 0) is 0 Å². The molecule has 1 saturated heterocycles. The molecule has 0 bridgehead atoms. The lowest BCUT2D eigenvalue weighted by Crippen LogP contribution is -2.41. The number of ketones is 1. The van der Waals surface area contributed by atoms with Crippen LogP contribution in [0.3, 0.4) is 0 Å². The van der Waals surface area contributed by atoms with Crippen LogP contribution in [0.25, 0.3) is 0 Å². The number of benzene rings is 2. The zero-order chi connectivity index (χ0) is 29.5. The Morgan fingerprint density at radius 1 is 0.857 bits per heavy atom. The number of hydrogen-bond acceptors (Lipinski definition) is 7. The fraction of sp³-hybridized carbons (Fsp3) is 0.364. The predicted octanol–water partition coefficient (Wildman–Crippen LogP) is 4.82. The van der Waals surface area contributed by atoms with E-state index in [9.17, 15) is 14.4 Å². The fourth-order valence-corrected chi connectivity index (χ4v) is 5.55. The number of Topliss-reactive ketones (excluding diaryl/α,β-unsaturated/α-hetero) is 1. The number of ether oxygens (including phenoxy) is 2. The van der Waals surface area contributed by atoms with E-state index in [0.29, 0.717) is 48.4 Å². The molecule has 216 valence electrons. The van der Waals surface area contributed by atoms with Crippen molar-refractivity contribution in [1.82, 2.24) is 15.2 Å². The highest BCUT2D eigenvalue weighted by molar-refractivity contribution is 5.99. The summed E-state index contributed by atoms with van der Waals surface area (Å²) in [5, 5.41) is 12.0. The largest absolute Gasteiger partial charge is 0.497 e. The number of piperidine rings is 1. The van der Waals surface area contributed by atoms with Gasteiger partial charge in [0.05, 0.1) is 30.4 Å². The third kappa shape index (κ3) is 6.95. The van der Waals surface area contributed by atoms with Gasteiger partial charge in [0.1, 0.15) is 17.2 Å². The summed E-state index contributed by atoms with van der Waals surface area (Å²) in [6.45, 7) is 0.958. The lowest BCUT2D eigenvalue weighted by Gasteiger charge is -2.31. The second kappa shape index (κ2) is 13.3. The van der Waals surface area contributed by atoms with Gasteiger partial charge in [-0.05, 0) is 99.2 Å². The number of nitriles is 1. The highest BCUT2D eigenvalue weighted by Gasteiger charge is 2.29. The van der Waals surface area contributed by atoms with E-state index < -0.39 is 0 Å². The molecule has 42 heavy (non-hydrogen) atoms. The lowest BCUT2D eigenvalue weighted by molar-refractivity contribution is 0.0645. The van der Waals surface area contributed by atoms with Gasteiger partial charge in [-0.25, -0.2) is 0 Å². The van der Waals surface area contributed by atoms with Crippen LogP contribution in [0.1, 0.15) is 75.3 Å². The van der Waals surface area contributed by atoms with Crippen molar-refractivity contribution < 1.29 is 23.9 Å². The molecule has 2 amide bonds. The maximum atomic E-state index is 13.0. The van der Waals surface area contributed by atoms with Crippen LogP contribution in [0, 0.1) is 17.2 Å². The molecule has 0 atom stereocenters. The minimum Gasteiger partial charge on any atom is -0.497 e. The second-order valence-corrected chi connectivity index (χ2v) is 10.8. The molecular weight excluding hydrogens is 532 g/mol. The number of likely N-dealkylation sites (tertiary alicyclic amines) is 1. The van der Waals surface area contributed by atoms with Crippen molar-refractivity contribution in [1.29, 1.82) is 5.26 Å². The van der Waals surface area contributed by atoms with Crippen LogP contribution in [0.15, 0.2) is 66.9 Å². The Bertz CT molecular complexity index is 1430. The minimum absolute atomic E-state index is 0.0431. The van der Waals surface area contributed by atoms with Gasteiger partial charge < -0.3 is 19.7 Å². The second-order valence-electron chi connectivity index (χ2n) is 10.8. The van der Waals surface area contributed by atoms with Gasteiger partial charge in [-0.1, -0.05) is 0 Å². The molecule has 0 radical (unpaired) electrons. The number of hydrogen-bond donors (Lipinski definition) is 1. The van der Waals surface area contributed by atoms with E-state index in [1.807, 2.05) is 0 Å². The first-order valence-electron chi connectivity index (χ1n) is 14.3.